The van der Waals surface area contributed by atoms with Crippen molar-refractivity contribution in [1.29, 1.82) is 0 Å². The van der Waals surface area contributed by atoms with Crippen molar-refractivity contribution in [3.8, 4) is 0 Å². The average molecular weight is 226 g/mol. The number of aliphatic hydroxyl groups is 1. The van der Waals surface area contributed by atoms with E-state index in [2.05, 4.69) is 4.98 Å². The number of carbonyl (C=O) groups excluding carboxylic acids is 1. The molecule has 0 saturated heterocycles. The highest BCUT2D eigenvalue weighted by Crippen LogP contribution is 2.18. The minimum atomic E-state index is -1.50. The van der Waals surface area contributed by atoms with Crippen molar-refractivity contribution in [2.45, 2.75) is 32.0 Å². The third-order valence-electron chi connectivity index (χ3n) is 2.29. The van der Waals surface area contributed by atoms with Gasteiger partial charge in [-0.25, -0.2) is 4.39 Å². The number of primary amides is 1. The van der Waals surface area contributed by atoms with Gasteiger partial charge in [0.05, 0.1) is 16.9 Å². The summed E-state index contributed by atoms with van der Waals surface area (Å²) in [6, 6.07) is 3.04. The second-order valence-electron chi connectivity index (χ2n) is 4.19. The van der Waals surface area contributed by atoms with Crippen molar-refractivity contribution in [3.05, 3.63) is 29.6 Å². The summed E-state index contributed by atoms with van der Waals surface area (Å²) in [6.45, 7) is 2.73. The normalized spacial score (nSPS) is 13.5. The molecule has 16 heavy (non-hydrogen) atoms. The number of rotatable bonds is 4. The van der Waals surface area contributed by atoms with Crippen LogP contribution in [-0.4, -0.2) is 27.8 Å². The number of carbonyl (C=O) groups is 1. The largest absolute Gasteiger partial charge is 0.387 e. The van der Waals surface area contributed by atoms with E-state index in [9.17, 15) is 14.3 Å². The van der Waals surface area contributed by atoms with E-state index in [-0.39, 0.29) is 17.7 Å². The van der Waals surface area contributed by atoms with Crippen LogP contribution in [0.3, 0.4) is 0 Å². The summed E-state index contributed by atoms with van der Waals surface area (Å²) in [6.07, 6.45) is -0.179. The van der Waals surface area contributed by atoms with E-state index in [1.807, 2.05) is 0 Å². The fourth-order valence-corrected chi connectivity index (χ4v) is 1.24. The first-order chi connectivity index (χ1) is 7.32. The van der Waals surface area contributed by atoms with Gasteiger partial charge in [-0.3, -0.25) is 9.78 Å². The topological polar surface area (TPSA) is 76.2 Å². The van der Waals surface area contributed by atoms with Crippen molar-refractivity contribution in [2.24, 2.45) is 5.73 Å². The Bertz CT molecular complexity index is 388. The summed E-state index contributed by atoms with van der Waals surface area (Å²) < 4.78 is 13.6. The van der Waals surface area contributed by atoms with Crippen molar-refractivity contribution in [1.82, 2.24) is 4.98 Å². The second kappa shape index (κ2) is 4.57. The summed E-state index contributed by atoms with van der Waals surface area (Å²) in [7, 11) is 0. The van der Waals surface area contributed by atoms with E-state index >= 15 is 0 Å². The molecule has 0 fully saturated rings. The molecular formula is C11H15FN2O2. The average Bonchev–Trinajstić information content (AvgIpc) is 2.16. The molecule has 5 heteroatoms. The molecule has 1 rings (SSSR count). The lowest BCUT2D eigenvalue weighted by Gasteiger charge is -2.22. The molecular weight excluding hydrogens is 211 g/mol. The van der Waals surface area contributed by atoms with Gasteiger partial charge in [0.2, 0.25) is 0 Å². The Kier molecular flexibility index (Phi) is 3.59. The highest BCUT2D eigenvalue weighted by molar-refractivity contribution is 5.93. The fraction of sp³-hybridized carbons (Fsp3) is 0.455. The molecule has 0 aliphatic carbocycles. The number of hydrogen-bond acceptors (Lipinski definition) is 3. The van der Waals surface area contributed by atoms with Crippen molar-refractivity contribution >= 4 is 5.91 Å². The van der Waals surface area contributed by atoms with Crippen LogP contribution in [0, 0.1) is 0 Å². The predicted octanol–water partition coefficient (Wildman–Crippen LogP) is 0.832. The highest BCUT2D eigenvalue weighted by Gasteiger charge is 2.28. The van der Waals surface area contributed by atoms with E-state index in [1.165, 1.54) is 26.1 Å². The SMILES string of the molecule is CC(C)(O)C(F)Cc1ncccc1C(N)=O. The smallest absolute Gasteiger partial charge is 0.250 e. The number of pyridine rings is 1. The molecule has 1 heterocycles. The minimum absolute atomic E-state index is 0.136. The van der Waals surface area contributed by atoms with E-state index in [4.69, 9.17) is 5.73 Å². The molecule has 0 saturated carbocycles. The lowest BCUT2D eigenvalue weighted by atomic mass is 9.97. The third-order valence-corrected chi connectivity index (χ3v) is 2.29. The Morgan fingerprint density at radius 1 is 1.69 bits per heavy atom. The lowest BCUT2D eigenvalue weighted by molar-refractivity contribution is -0.00308. The van der Waals surface area contributed by atoms with E-state index in [0.29, 0.717) is 0 Å². The molecule has 3 N–H and O–H groups in total. The Labute approximate surface area is 93.3 Å². The first-order valence-corrected chi connectivity index (χ1v) is 4.92. The van der Waals surface area contributed by atoms with Crippen LogP contribution in [0.4, 0.5) is 4.39 Å². The first kappa shape index (κ1) is 12.6. The second-order valence-corrected chi connectivity index (χ2v) is 4.19. The molecule has 0 aliphatic rings. The zero-order valence-electron chi connectivity index (χ0n) is 9.27. The van der Waals surface area contributed by atoms with Gasteiger partial charge in [0.25, 0.3) is 5.91 Å². The van der Waals surface area contributed by atoms with Gasteiger partial charge < -0.3 is 10.8 Å². The Balaban J connectivity index is 2.93. The maximum atomic E-state index is 13.6. The van der Waals surface area contributed by atoms with Crippen LogP contribution in [0.15, 0.2) is 18.3 Å². The highest BCUT2D eigenvalue weighted by atomic mass is 19.1. The van der Waals surface area contributed by atoms with Crippen LogP contribution >= 0.6 is 0 Å². The zero-order chi connectivity index (χ0) is 12.3. The molecule has 1 aromatic heterocycles. The number of nitrogens with two attached hydrogens (primary N) is 1. The Hall–Kier alpha value is -1.49. The molecule has 0 aliphatic heterocycles. The quantitative estimate of drug-likeness (QED) is 0.798. The first-order valence-electron chi connectivity index (χ1n) is 4.92. The van der Waals surface area contributed by atoms with Crippen molar-refractivity contribution < 1.29 is 14.3 Å². The van der Waals surface area contributed by atoms with Crippen LogP contribution in [-0.2, 0) is 6.42 Å². The van der Waals surface area contributed by atoms with Gasteiger partial charge in [-0.05, 0) is 26.0 Å². The van der Waals surface area contributed by atoms with Gasteiger partial charge >= 0.3 is 0 Å². The molecule has 1 atom stereocenters. The van der Waals surface area contributed by atoms with Gasteiger partial charge in [0.15, 0.2) is 0 Å². The van der Waals surface area contributed by atoms with Crippen LogP contribution in [0.5, 0.6) is 0 Å². The number of amides is 1. The molecule has 0 radical (unpaired) electrons. The third kappa shape index (κ3) is 3.00. The lowest BCUT2D eigenvalue weighted by Crippen LogP contribution is -2.35. The Morgan fingerprint density at radius 3 is 2.81 bits per heavy atom. The van der Waals surface area contributed by atoms with Crippen molar-refractivity contribution in [3.63, 3.8) is 0 Å². The molecule has 0 aromatic carbocycles. The monoisotopic (exact) mass is 226 g/mol. The van der Waals surface area contributed by atoms with Gasteiger partial charge in [0, 0.05) is 12.6 Å². The van der Waals surface area contributed by atoms with Crippen molar-refractivity contribution in [2.75, 3.05) is 0 Å². The van der Waals surface area contributed by atoms with Crippen LogP contribution in [0.1, 0.15) is 29.9 Å². The minimum Gasteiger partial charge on any atom is -0.387 e. The van der Waals surface area contributed by atoms with Gasteiger partial charge in [-0.1, -0.05) is 0 Å². The van der Waals surface area contributed by atoms with Crippen LogP contribution < -0.4 is 5.73 Å². The number of nitrogens with zero attached hydrogens (tertiary/aromatic N) is 1. The molecule has 0 spiro atoms. The summed E-state index contributed by atoms with van der Waals surface area (Å²) in [4.78, 5) is 15.0. The summed E-state index contributed by atoms with van der Waals surface area (Å²) >= 11 is 0. The number of halogens is 1. The van der Waals surface area contributed by atoms with Gasteiger partial charge in [-0.2, -0.15) is 0 Å². The van der Waals surface area contributed by atoms with Crippen LogP contribution in [0.2, 0.25) is 0 Å². The van der Waals surface area contributed by atoms with Gasteiger partial charge in [-0.15, -0.1) is 0 Å². The van der Waals surface area contributed by atoms with Crippen LogP contribution in [0.25, 0.3) is 0 Å². The van der Waals surface area contributed by atoms with E-state index in [0.717, 1.165) is 0 Å². The maximum absolute atomic E-state index is 13.6. The predicted molar refractivity (Wildman–Crippen MR) is 57.7 cm³/mol. The molecule has 88 valence electrons. The molecule has 1 unspecified atom stereocenters. The fourth-order valence-electron chi connectivity index (χ4n) is 1.24. The van der Waals surface area contributed by atoms with Gasteiger partial charge in [0.1, 0.15) is 6.17 Å². The number of hydrogen-bond donors (Lipinski definition) is 2. The summed E-state index contributed by atoms with van der Waals surface area (Å²) in [5.74, 6) is -0.647. The standard InChI is InChI=1S/C11H15FN2O2/c1-11(2,16)9(12)6-8-7(10(13)15)4-3-5-14-8/h3-5,9,16H,6H2,1-2H3,(H2,13,15). The summed E-state index contributed by atoms with van der Waals surface area (Å²) in [5, 5.41) is 9.46. The Morgan fingerprint density at radius 2 is 2.31 bits per heavy atom. The maximum Gasteiger partial charge on any atom is 0.250 e. The van der Waals surface area contributed by atoms with E-state index < -0.39 is 17.7 Å². The van der Waals surface area contributed by atoms with E-state index in [1.54, 1.807) is 6.07 Å². The number of aromatic nitrogens is 1. The molecule has 1 aromatic rings. The number of alkyl halides is 1. The molecule has 4 nitrogen and oxygen atoms in total. The molecule has 1 amide bonds. The summed E-state index contributed by atoms with van der Waals surface area (Å²) in [5.41, 5.74) is 4.13. The molecule has 0 bridgehead atoms. The zero-order valence-corrected chi connectivity index (χ0v) is 9.27.